The third-order valence-corrected chi connectivity index (χ3v) is 6.49. The van der Waals surface area contributed by atoms with E-state index in [1.807, 2.05) is 12.1 Å². The zero-order valence-electron chi connectivity index (χ0n) is 15.2. The van der Waals surface area contributed by atoms with Crippen molar-refractivity contribution in [2.75, 3.05) is 0 Å². The molecule has 1 aliphatic rings. The zero-order chi connectivity index (χ0) is 17.5. The van der Waals surface area contributed by atoms with Gasteiger partial charge in [-0.1, -0.05) is 52.0 Å². The molecule has 0 spiro atoms. The molecule has 0 radical (unpaired) electrons. The van der Waals surface area contributed by atoms with Crippen LogP contribution in [-0.4, -0.2) is 0 Å². The first kappa shape index (κ1) is 17.0. The molecule has 0 saturated carbocycles. The van der Waals surface area contributed by atoms with E-state index in [9.17, 15) is 0 Å². The molecule has 1 aromatic heterocycles. The van der Waals surface area contributed by atoms with E-state index in [4.69, 9.17) is 5.26 Å². The first-order chi connectivity index (χ1) is 11.2. The molecule has 0 saturated heterocycles. The highest BCUT2D eigenvalue weighted by atomic mass is 32.1. The molecule has 0 fully saturated rings. The highest BCUT2D eigenvalue weighted by molar-refractivity contribution is 7.13. The number of hydrogen-bond acceptors (Lipinski definition) is 2. The van der Waals surface area contributed by atoms with Crippen molar-refractivity contribution in [2.24, 2.45) is 0 Å². The van der Waals surface area contributed by atoms with Crippen LogP contribution in [0.4, 0.5) is 0 Å². The summed E-state index contributed by atoms with van der Waals surface area (Å²) in [7, 11) is 0. The Kier molecular flexibility index (Phi) is 4.18. The lowest BCUT2D eigenvalue weighted by Crippen LogP contribution is -2.33. The summed E-state index contributed by atoms with van der Waals surface area (Å²) in [6, 6.07) is 13.1. The molecular formula is C22H25NS. The van der Waals surface area contributed by atoms with Gasteiger partial charge in [0.1, 0.15) is 10.9 Å². The van der Waals surface area contributed by atoms with Gasteiger partial charge in [-0.05, 0) is 65.0 Å². The molecule has 1 nitrogen and oxygen atoms in total. The van der Waals surface area contributed by atoms with E-state index >= 15 is 0 Å². The van der Waals surface area contributed by atoms with Crippen molar-refractivity contribution in [1.29, 1.82) is 5.26 Å². The molecule has 1 aliphatic carbocycles. The van der Waals surface area contributed by atoms with Crippen molar-refractivity contribution in [3.8, 4) is 6.07 Å². The molecule has 3 rings (SSSR count). The van der Waals surface area contributed by atoms with Crippen LogP contribution < -0.4 is 0 Å². The topological polar surface area (TPSA) is 23.8 Å². The van der Waals surface area contributed by atoms with Gasteiger partial charge in [0, 0.05) is 4.88 Å². The van der Waals surface area contributed by atoms with Crippen LogP contribution in [0.15, 0.2) is 30.3 Å². The van der Waals surface area contributed by atoms with Crippen molar-refractivity contribution < 1.29 is 0 Å². The number of hydrogen-bond donors (Lipinski definition) is 0. The fourth-order valence-corrected chi connectivity index (χ4v) is 4.40. The number of thiophene rings is 1. The fourth-order valence-electron chi connectivity index (χ4n) is 3.63. The number of benzene rings is 1. The molecule has 0 atom stereocenters. The summed E-state index contributed by atoms with van der Waals surface area (Å²) in [5, 5.41) is 9.00. The SMILES string of the molecule is CC(=Cc1ccc2c(c1)C(C)(C)CCC2(C)C)c1ccc(C#N)s1. The van der Waals surface area contributed by atoms with Gasteiger partial charge in [-0.25, -0.2) is 0 Å². The largest absolute Gasteiger partial charge is 0.192 e. The number of allylic oxidation sites excluding steroid dienone is 1. The van der Waals surface area contributed by atoms with E-state index in [1.54, 1.807) is 11.3 Å². The Labute approximate surface area is 149 Å². The number of rotatable bonds is 2. The summed E-state index contributed by atoms with van der Waals surface area (Å²) in [6.07, 6.45) is 4.72. The minimum atomic E-state index is 0.236. The predicted molar refractivity (Wildman–Crippen MR) is 104 cm³/mol. The highest BCUT2D eigenvalue weighted by Gasteiger charge is 2.36. The summed E-state index contributed by atoms with van der Waals surface area (Å²) >= 11 is 1.56. The minimum absolute atomic E-state index is 0.236. The Balaban J connectivity index is 2.02. The number of nitrogens with zero attached hydrogens (tertiary/aromatic N) is 1. The summed E-state index contributed by atoms with van der Waals surface area (Å²) in [6.45, 7) is 11.6. The second kappa shape index (κ2) is 5.90. The number of fused-ring (bicyclic) bond motifs is 1. The molecule has 0 amide bonds. The first-order valence-electron chi connectivity index (χ1n) is 8.57. The summed E-state index contributed by atoms with van der Waals surface area (Å²) in [5.74, 6) is 0. The van der Waals surface area contributed by atoms with Gasteiger partial charge in [-0.2, -0.15) is 5.26 Å². The molecule has 2 aromatic rings. The van der Waals surface area contributed by atoms with Crippen LogP contribution >= 0.6 is 11.3 Å². The van der Waals surface area contributed by atoms with Gasteiger partial charge >= 0.3 is 0 Å². The molecule has 1 heterocycles. The normalized spacial score (nSPS) is 18.8. The molecule has 2 heteroatoms. The van der Waals surface area contributed by atoms with Gasteiger partial charge in [0.15, 0.2) is 0 Å². The monoisotopic (exact) mass is 335 g/mol. The predicted octanol–water partition coefficient (Wildman–Crippen LogP) is 6.53. The Morgan fingerprint density at radius 2 is 1.71 bits per heavy atom. The van der Waals surface area contributed by atoms with Gasteiger partial charge in [0.25, 0.3) is 0 Å². The Morgan fingerprint density at radius 1 is 1.04 bits per heavy atom. The minimum Gasteiger partial charge on any atom is -0.192 e. The maximum Gasteiger partial charge on any atom is 0.110 e. The Bertz CT molecular complexity index is 843. The van der Waals surface area contributed by atoms with Crippen molar-refractivity contribution in [1.82, 2.24) is 0 Å². The lowest BCUT2D eigenvalue weighted by molar-refractivity contribution is 0.332. The standard InChI is InChI=1S/C22H25NS/c1-15(20-9-7-17(14-23)24-20)12-16-6-8-18-19(13-16)22(4,5)11-10-21(18,2)3/h6-9,12-13H,10-11H2,1-5H3. The van der Waals surface area contributed by atoms with E-state index in [-0.39, 0.29) is 10.8 Å². The average molecular weight is 336 g/mol. The lowest BCUT2D eigenvalue weighted by atomic mass is 9.63. The molecule has 0 N–H and O–H groups in total. The lowest BCUT2D eigenvalue weighted by Gasteiger charge is -2.42. The van der Waals surface area contributed by atoms with Crippen LogP contribution in [0, 0.1) is 11.3 Å². The van der Waals surface area contributed by atoms with Crippen molar-refractivity contribution in [3.63, 3.8) is 0 Å². The van der Waals surface area contributed by atoms with E-state index in [0.29, 0.717) is 0 Å². The van der Waals surface area contributed by atoms with Crippen LogP contribution in [-0.2, 0) is 10.8 Å². The Hall–Kier alpha value is -1.85. The second-order valence-corrected chi connectivity index (χ2v) is 9.26. The average Bonchev–Trinajstić information content (AvgIpc) is 3.01. The van der Waals surface area contributed by atoms with Gasteiger partial charge in [0.2, 0.25) is 0 Å². The van der Waals surface area contributed by atoms with Crippen molar-refractivity contribution in [2.45, 2.75) is 58.3 Å². The maximum absolute atomic E-state index is 9.00. The highest BCUT2D eigenvalue weighted by Crippen LogP contribution is 2.46. The fraction of sp³-hybridized carbons (Fsp3) is 0.409. The zero-order valence-corrected chi connectivity index (χ0v) is 16.1. The molecule has 0 aliphatic heterocycles. The number of nitriles is 1. The first-order valence-corrected chi connectivity index (χ1v) is 9.38. The third kappa shape index (κ3) is 3.06. The summed E-state index contributed by atoms with van der Waals surface area (Å²) in [4.78, 5) is 1.94. The summed E-state index contributed by atoms with van der Waals surface area (Å²) < 4.78 is 0. The molecule has 124 valence electrons. The van der Waals surface area contributed by atoms with Crippen molar-refractivity contribution >= 4 is 23.0 Å². The van der Waals surface area contributed by atoms with Gasteiger partial charge in [-0.3, -0.25) is 0 Å². The molecule has 1 aromatic carbocycles. The van der Waals surface area contributed by atoms with E-state index in [2.05, 4.69) is 65.0 Å². The van der Waals surface area contributed by atoms with E-state index in [1.165, 1.54) is 40.0 Å². The molecule has 24 heavy (non-hydrogen) atoms. The van der Waals surface area contributed by atoms with Crippen LogP contribution in [0.25, 0.3) is 11.6 Å². The molecule has 0 bridgehead atoms. The van der Waals surface area contributed by atoms with Gasteiger partial charge in [0.05, 0.1) is 0 Å². The second-order valence-electron chi connectivity index (χ2n) is 8.18. The smallest absolute Gasteiger partial charge is 0.110 e. The van der Waals surface area contributed by atoms with Crippen molar-refractivity contribution in [3.05, 3.63) is 56.8 Å². The van der Waals surface area contributed by atoms with Crippen LogP contribution in [0.2, 0.25) is 0 Å². The molecule has 0 unspecified atom stereocenters. The Morgan fingerprint density at radius 3 is 2.33 bits per heavy atom. The van der Waals surface area contributed by atoms with Gasteiger partial charge in [-0.15, -0.1) is 11.3 Å². The summed E-state index contributed by atoms with van der Waals surface area (Å²) in [5.41, 5.74) is 5.95. The van der Waals surface area contributed by atoms with Crippen LogP contribution in [0.5, 0.6) is 0 Å². The quantitative estimate of drug-likeness (QED) is 0.612. The maximum atomic E-state index is 9.00. The van der Waals surface area contributed by atoms with E-state index < -0.39 is 0 Å². The molecular weight excluding hydrogens is 310 g/mol. The van der Waals surface area contributed by atoms with Gasteiger partial charge < -0.3 is 0 Å². The third-order valence-electron chi connectivity index (χ3n) is 5.36. The van der Waals surface area contributed by atoms with E-state index in [0.717, 1.165) is 4.88 Å². The van der Waals surface area contributed by atoms with Crippen LogP contribution in [0.3, 0.4) is 0 Å². The van der Waals surface area contributed by atoms with Crippen LogP contribution in [0.1, 0.15) is 73.9 Å².